The lowest BCUT2D eigenvalue weighted by Gasteiger charge is -2.26. The standard InChI is InChI=1S/C29H26F7O9PS/c1-4-5-20(37)47-11-10-42-46(40,43-14-41-28(39)44-15(2)3)29(35,36)19-9-8-16-6-7-17(12-18(16)13-19)27(38)45-26-24(33)22(31)21(30)23(32)25(26)34/h6-9,12-13,15H,4-5,10-11,14H2,1-3H3. The molecule has 0 spiro atoms. The quantitative estimate of drug-likeness (QED) is 0.0235. The van der Waals surface area contributed by atoms with Crippen molar-refractivity contribution in [3.8, 4) is 5.75 Å². The van der Waals surface area contributed by atoms with Gasteiger partial charge in [-0.3, -0.25) is 13.9 Å². The molecular formula is C29H26F7O9PS. The van der Waals surface area contributed by atoms with Crippen molar-refractivity contribution >= 4 is 47.4 Å². The van der Waals surface area contributed by atoms with Crippen molar-refractivity contribution in [2.24, 2.45) is 0 Å². The first-order valence-corrected chi connectivity index (χ1v) is 16.1. The number of ether oxygens (including phenoxy) is 3. The zero-order valence-electron chi connectivity index (χ0n) is 24.8. The minimum absolute atomic E-state index is 0.155. The SMILES string of the molecule is CCCC(=O)SCCOP(=O)(OCOC(=O)OC(C)C)C(F)(F)c1ccc2ccc(C(=O)Oc3c(F)c(F)c(F)c(F)c3F)cc2c1. The summed E-state index contributed by atoms with van der Waals surface area (Å²) >= 11 is 0.753. The number of halogens is 7. The molecule has 0 aliphatic carbocycles. The summed E-state index contributed by atoms with van der Waals surface area (Å²) in [6, 6.07) is 5.85. The van der Waals surface area contributed by atoms with E-state index in [0.717, 1.165) is 42.1 Å². The fourth-order valence-electron chi connectivity index (χ4n) is 3.70. The molecule has 3 aromatic rings. The molecule has 18 heteroatoms. The Morgan fingerprint density at radius 2 is 1.49 bits per heavy atom. The van der Waals surface area contributed by atoms with Crippen LogP contribution in [0.15, 0.2) is 36.4 Å². The van der Waals surface area contributed by atoms with Crippen LogP contribution >= 0.6 is 19.4 Å². The molecule has 0 aliphatic rings. The van der Waals surface area contributed by atoms with Gasteiger partial charge in [0.05, 0.1) is 18.3 Å². The summed E-state index contributed by atoms with van der Waals surface area (Å²) in [5.74, 6) is -15.7. The van der Waals surface area contributed by atoms with E-state index in [-0.39, 0.29) is 28.1 Å². The monoisotopic (exact) mass is 714 g/mol. The Morgan fingerprint density at radius 3 is 2.11 bits per heavy atom. The van der Waals surface area contributed by atoms with Crippen LogP contribution in [0.1, 0.15) is 49.5 Å². The average molecular weight is 715 g/mol. The lowest BCUT2D eigenvalue weighted by atomic mass is 10.0. The van der Waals surface area contributed by atoms with Crippen LogP contribution in [0.2, 0.25) is 0 Å². The van der Waals surface area contributed by atoms with Gasteiger partial charge in [0.2, 0.25) is 41.6 Å². The molecule has 0 aliphatic heterocycles. The van der Waals surface area contributed by atoms with E-state index in [1.807, 2.05) is 0 Å². The van der Waals surface area contributed by atoms with Gasteiger partial charge in [-0.1, -0.05) is 36.9 Å². The summed E-state index contributed by atoms with van der Waals surface area (Å²) in [5, 5.41) is -0.208. The molecule has 0 saturated heterocycles. The van der Waals surface area contributed by atoms with E-state index in [1.54, 1.807) is 6.92 Å². The Kier molecular flexibility index (Phi) is 12.8. The molecule has 3 aromatic carbocycles. The second-order valence-electron chi connectivity index (χ2n) is 9.72. The Morgan fingerprint density at radius 1 is 0.872 bits per heavy atom. The Balaban J connectivity index is 1.91. The van der Waals surface area contributed by atoms with Crippen LogP contribution in [0.25, 0.3) is 10.8 Å². The topological polar surface area (TPSA) is 114 Å². The normalized spacial score (nSPS) is 13.0. The van der Waals surface area contributed by atoms with Crippen molar-refractivity contribution in [2.75, 3.05) is 19.2 Å². The van der Waals surface area contributed by atoms with Gasteiger partial charge in [0.25, 0.3) is 0 Å². The lowest BCUT2D eigenvalue weighted by Crippen LogP contribution is -2.21. The molecule has 0 bridgehead atoms. The van der Waals surface area contributed by atoms with E-state index in [4.69, 9.17) is 13.8 Å². The second-order valence-corrected chi connectivity index (χ2v) is 12.9. The third-order valence-corrected chi connectivity index (χ3v) is 8.74. The van der Waals surface area contributed by atoms with Crippen molar-refractivity contribution in [1.29, 1.82) is 0 Å². The highest BCUT2D eigenvalue weighted by atomic mass is 32.2. The van der Waals surface area contributed by atoms with Crippen molar-refractivity contribution < 1.29 is 72.9 Å². The molecule has 47 heavy (non-hydrogen) atoms. The van der Waals surface area contributed by atoms with Gasteiger partial charge in [-0.2, -0.15) is 17.6 Å². The van der Waals surface area contributed by atoms with E-state index in [2.05, 4.69) is 9.47 Å². The van der Waals surface area contributed by atoms with E-state index < -0.39 is 90.9 Å². The smallest absolute Gasteiger partial charge is 0.432 e. The zero-order valence-corrected chi connectivity index (χ0v) is 26.5. The predicted octanol–water partition coefficient (Wildman–Crippen LogP) is 8.61. The largest absolute Gasteiger partial charge is 0.510 e. The van der Waals surface area contributed by atoms with Gasteiger partial charge < -0.3 is 18.7 Å². The summed E-state index contributed by atoms with van der Waals surface area (Å²) in [7, 11) is -5.56. The Labute approximate surface area is 267 Å². The molecule has 0 N–H and O–H groups in total. The fourth-order valence-corrected chi connectivity index (χ4v) is 5.95. The molecule has 3 rings (SSSR count). The number of hydrogen-bond donors (Lipinski definition) is 0. The molecule has 0 aromatic heterocycles. The van der Waals surface area contributed by atoms with E-state index in [9.17, 15) is 40.9 Å². The first kappa shape index (κ1) is 37.8. The summed E-state index contributed by atoms with van der Waals surface area (Å²) < 4.78 is 137. The van der Waals surface area contributed by atoms with Crippen LogP contribution in [0, 0.1) is 29.1 Å². The van der Waals surface area contributed by atoms with Gasteiger partial charge in [-0.25, -0.2) is 22.8 Å². The molecule has 0 saturated carbocycles. The van der Waals surface area contributed by atoms with Gasteiger partial charge >= 0.3 is 25.4 Å². The molecule has 9 nitrogen and oxygen atoms in total. The highest BCUT2D eigenvalue weighted by Gasteiger charge is 2.55. The maximum absolute atomic E-state index is 15.9. The number of thioether (sulfide) groups is 1. The first-order valence-electron chi connectivity index (χ1n) is 13.6. The highest BCUT2D eigenvalue weighted by Crippen LogP contribution is 2.67. The van der Waals surface area contributed by atoms with E-state index in [1.165, 1.54) is 19.9 Å². The van der Waals surface area contributed by atoms with Crippen molar-refractivity contribution in [1.82, 2.24) is 0 Å². The van der Waals surface area contributed by atoms with Crippen LogP contribution in [-0.2, 0) is 33.5 Å². The van der Waals surface area contributed by atoms with Crippen LogP contribution in [0.3, 0.4) is 0 Å². The lowest BCUT2D eigenvalue weighted by molar-refractivity contribution is -0.111. The Hall–Kier alpha value is -3.66. The van der Waals surface area contributed by atoms with Crippen molar-refractivity contribution in [3.05, 3.63) is 76.6 Å². The molecule has 1 atom stereocenters. The van der Waals surface area contributed by atoms with Crippen molar-refractivity contribution in [3.63, 3.8) is 0 Å². The van der Waals surface area contributed by atoms with E-state index >= 15 is 8.78 Å². The molecule has 0 fully saturated rings. The third-order valence-electron chi connectivity index (χ3n) is 5.92. The highest BCUT2D eigenvalue weighted by molar-refractivity contribution is 8.13. The number of rotatable bonds is 14. The van der Waals surface area contributed by atoms with Crippen LogP contribution in [0.4, 0.5) is 35.5 Å². The second kappa shape index (κ2) is 16.0. The summed E-state index contributed by atoms with van der Waals surface area (Å²) in [6.45, 7) is 2.79. The fraction of sp³-hybridized carbons (Fsp3) is 0.345. The van der Waals surface area contributed by atoms with Crippen LogP contribution in [-0.4, -0.2) is 42.5 Å². The zero-order chi connectivity index (χ0) is 35.1. The maximum Gasteiger partial charge on any atom is 0.510 e. The van der Waals surface area contributed by atoms with Gasteiger partial charge in [-0.05, 0) is 49.2 Å². The van der Waals surface area contributed by atoms with E-state index in [0.29, 0.717) is 6.42 Å². The summed E-state index contributed by atoms with van der Waals surface area (Å²) in [5.41, 5.74) is -5.99. The molecule has 0 radical (unpaired) electrons. The Bertz CT molecular complexity index is 1680. The van der Waals surface area contributed by atoms with Crippen molar-refractivity contribution in [2.45, 2.75) is 45.4 Å². The first-order chi connectivity index (χ1) is 22.0. The van der Waals surface area contributed by atoms with Gasteiger partial charge in [0.15, 0.2) is 5.12 Å². The number of benzene rings is 3. The minimum atomic E-state index is -5.56. The summed E-state index contributed by atoms with van der Waals surface area (Å²) in [4.78, 5) is 36.0. The minimum Gasteiger partial charge on any atom is -0.432 e. The van der Waals surface area contributed by atoms with Gasteiger partial charge in [0.1, 0.15) is 0 Å². The molecular weight excluding hydrogens is 688 g/mol. The molecule has 256 valence electrons. The maximum atomic E-state index is 15.9. The molecule has 0 heterocycles. The predicted molar refractivity (Wildman–Crippen MR) is 154 cm³/mol. The molecule has 0 amide bonds. The molecule has 1 unspecified atom stereocenters. The van der Waals surface area contributed by atoms with Crippen LogP contribution in [0.5, 0.6) is 5.75 Å². The number of carbonyl (C=O) groups is 3. The van der Waals surface area contributed by atoms with Gasteiger partial charge in [-0.15, -0.1) is 0 Å². The van der Waals surface area contributed by atoms with Crippen LogP contribution < -0.4 is 4.74 Å². The summed E-state index contributed by atoms with van der Waals surface area (Å²) in [6.07, 6.45) is -1.21. The third kappa shape index (κ3) is 9.03. The number of alkyl halides is 2. The number of hydrogen-bond acceptors (Lipinski definition) is 10. The number of carbonyl (C=O) groups excluding carboxylic acids is 3. The average Bonchev–Trinajstić information content (AvgIpc) is 3.02. The number of fused-ring (bicyclic) bond motifs is 1. The number of esters is 1. The van der Waals surface area contributed by atoms with Gasteiger partial charge in [0, 0.05) is 17.7 Å².